The van der Waals surface area contributed by atoms with Crippen molar-refractivity contribution in [1.82, 2.24) is 15.1 Å². The van der Waals surface area contributed by atoms with Crippen LogP contribution in [0.15, 0.2) is 28.5 Å². The van der Waals surface area contributed by atoms with Crippen LogP contribution in [0.25, 0.3) is 5.57 Å². The summed E-state index contributed by atoms with van der Waals surface area (Å²) in [7, 11) is 1.48. The zero-order valence-corrected chi connectivity index (χ0v) is 20.5. The first-order valence-electron chi connectivity index (χ1n) is 10.7. The summed E-state index contributed by atoms with van der Waals surface area (Å²) >= 11 is 0. The molecule has 1 aromatic heterocycles. The Labute approximate surface area is 192 Å². The normalized spacial score (nSPS) is 15.6. The molecule has 1 aliphatic heterocycles. The Morgan fingerprint density at radius 2 is 1.85 bits per heavy atom. The lowest BCUT2D eigenvalue weighted by Gasteiger charge is -2.29. The molecule has 0 saturated carbocycles. The number of nitrogens with one attached hydrogen (secondary N) is 1. The van der Waals surface area contributed by atoms with E-state index in [1.807, 2.05) is 6.92 Å². The molecule has 184 valence electrons. The van der Waals surface area contributed by atoms with Crippen LogP contribution in [0.3, 0.4) is 0 Å². The summed E-state index contributed by atoms with van der Waals surface area (Å²) in [5.41, 5.74) is -0.491. The van der Waals surface area contributed by atoms with Gasteiger partial charge in [0.05, 0.1) is 31.4 Å². The minimum absolute atomic E-state index is 0.0381. The van der Waals surface area contributed by atoms with Crippen molar-refractivity contribution >= 4 is 17.4 Å². The van der Waals surface area contributed by atoms with E-state index in [0.29, 0.717) is 30.0 Å². The molecule has 2 rings (SSSR count). The van der Waals surface area contributed by atoms with Crippen LogP contribution >= 0.6 is 0 Å². The molecule has 0 atom stereocenters. The molecule has 1 N–H and O–H groups in total. The Hall–Kier alpha value is -2.78. The van der Waals surface area contributed by atoms with E-state index in [0.717, 1.165) is 11.6 Å². The number of hydrogen-bond donors (Lipinski definition) is 1. The summed E-state index contributed by atoms with van der Waals surface area (Å²) in [6.45, 7) is 12.6. The highest BCUT2D eigenvalue weighted by Crippen LogP contribution is 2.35. The summed E-state index contributed by atoms with van der Waals surface area (Å²) < 4.78 is 53.0. The molecular weight excluding hydrogens is 437 g/mol. The van der Waals surface area contributed by atoms with Crippen LogP contribution in [0.4, 0.5) is 18.0 Å². The second-order valence-electron chi connectivity index (χ2n) is 9.59. The molecule has 1 aliphatic rings. The lowest BCUT2D eigenvalue weighted by atomic mass is 10.0. The number of allylic oxidation sites excluding steroid dienone is 2. The van der Waals surface area contributed by atoms with Gasteiger partial charge in [-0.2, -0.15) is 18.3 Å². The molecule has 10 heteroatoms. The van der Waals surface area contributed by atoms with Gasteiger partial charge in [-0.15, -0.1) is 0 Å². The number of methoxy groups -OCH3 is 1. The Morgan fingerprint density at radius 3 is 2.36 bits per heavy atom. The highest BCUT2D eigenvalue weighted by atomic mass is 19.4. The Bertz CT molecular complexity index is 980. The van der Waals surface area contributed by atoms with Crippen LogP contribution in [-0.2, 0) is 22.2 Å². The van der Waals surface area contributed by atoms with Gasteiger partial charge in [-0.3, -0.25) is 9.67 Å². The molecule has 0 saturated heterocycles. The van der Waals surface area contributed by atoms with Crippen LogP contribution in [0, 0.1) is 0 Å². The van der Waals surface area contributed by atoms with Gasteiger partial charge in [-0.25, -0.2) is 4.79 Å². The lowest BCUT2D eigenvalue weighted by Crippen LogP contribution is -2.48. The fourth-order valence-corrected chi connectivity index (χ4v) is 3.41. The topological polar surface area (TPSA) is 77.7 Å². The minimum atomic E-state index is -4.64. The Kier molecular flexibility index (Phi) is 7.71. The van der Waals surface area contributed by atoms with Crippen LogP contribution in [0.5, 0.6) is 0 Å². The summed E-state index contributed by atoms with van der Waals surface area (Å²) in [6.07, 6.45) is -2.98. The minimum Gasteiger partial charge on any atom is -0.496 e. The van der Waals surface area contributed by atoms with Gasteiger partial charge in [0.1, 0.15) is 11.4 Å². The molecule has 0 bridgehead atoms. The summed E-state index contributed by atoms with van der Waals surface area (Å²) in [5.74, 6) is 0.478. The van der Waals surface area contributed by atoms with Gasteiger partial charge in [0.2, 0.25) is 0 Å². The lowest BCUT2D eigenvalue weighted by molar-refractivity contribution is -0.141. The van der Waals surface area contributed by atoms with Gasteiger partial charge in [0.25, 0.3) is 0 Å². The maximum absolute atomic E-state index is 13.6. The van der Waals surface area contributed by atoms with E-state index in [-0.39, 0.29) is 12.2 Å². The monoisotopic (exact) mass is 470 g/mol. The zero-order chi connectivity index (χ0) is 25.2. The SMILES string of the molecule is CCC1=C(OC)C(c2cc(C(F)(F)F)nn2CC(C)(C)NC(=O)OC(C)(C)C)=CC(C)=NC1. The van der Waals surface area contributed by atoms with Crippen molar-refractivity contribution in [2.75, 3.05) is 13.7 Å². The molecule has 0 spiro atoms. The van der Waals surface area contributed by atoms with E-state index in [4.69, 9.17) is 9.47 Å². The van der Waals surface area contributed by atoms with Gasteiger partial charge in [-0.05, 0) is 65.7 Å². The average molecular weight is 471 g/mol. The maximum Gasteiger partial charge on any atom is 0.435 e. The molecule has 0 aromatic carbocycles. The van der Waals surface area contributed by atoms with Crippen LogP contribution in [0.1, 0.15) is 66.3 Å². The molecule has 1 aromatic rings. The third-order valence-corrected chi connectivity index (χ3v) is 4.80. The van der Waals surface area contributed by atoms with Gasteiger partial charge in [0.15, 0.2) is 5.69 Å². The second kappa shape index (κ2) is 9.61. The Morgan fingerprint density at radius 1 is 1.21 bits per heavy atom. The highest BCUT2D eigenvalue weighted by Gasteiger charge is 2.37. The fourth-order valence-electron chi connectivity index (χ4n) is 3.41. The molecule has 0 aliphatic carbocycles. The van der Waals surface area contributed by atoms with Crippen molar-refractivity contribution in [3.05, 3.63) is 34.9 Å². The number of aliphatic imine (C=N–C) groups is 1. The number of hydrogen-bond acceptors (Lipinski definition) is 5. The number of alkyl halides is 3. The molecular formula is C23H33F3N4O3. The number of alkyl carbamates (subject to hydrolysis) is 1. The third kappa shape index (κ3) is 7.10. The van der Waals surface area contributed by atoms with Crippen molar-refractivity contribution in [2.45, 2.75) is 78.7 Å². The Balaban J connectivity index is 2.55. The number of nitrogens with zero attached hydrogens (tertiary/aromatic N) is 3. The first-order valence-corrected chi connectivity index (χ1v) is 10.7. The number of aromatic nitrogens is 2. The number of carbonyl (C=O) groups is 1. The van der Waals surface area contributed by atoms with Crippen molar-refractivity contribution < 1.29 is 27.4 Å². The van der Waals surface area contributed by atoms with E-state index in [1.165, 1.54) is 11.8 Å². The smallest absolute Gasteiger partial charge is 0.435 e. The average Bonchev–Trinajstić information content (AvgIpc) is 2.96. The van der Waals surface area contributed by atoms with Gasteiger partial charge >= 0.3 is 12.3 Å². The molecule has 7 nitrogen and oxygen atoms in total. The van der Waals surface area contributed by atoms with Crippen molar-refractivity contribution in [3.63, 3.8) is 0 Å². The number of amides is 1. The van der Waals surface area contributed by atoms with E-state index in [2.05, 4.69) is 15.4 Å². The highest BCUT2D eigenvalue weighted by molar-refractivity contribution is 6.02. The number of rotatable bonds is 6. The quantitative estimate of drug-likeness (QED) is 0.606. The number of halogens is 3. The fraction of sp³-hybridized carbons (Fsp3) is 0.609. The summed E-state index contributed by atoms with van der Waals surface area (Å²) in [4.78, 5) is 16.7. The van der Waals surface area contributed by atoms with E-state index >= 15 is 0 Å². The second-order valence-corrected chi connectivity index (χ2v) is 9.59. The number of ether oxygens (including phenoxy) is 2. The standard InChI is InChI=1S/C23H33F3N4O3/c1-9-15-12-27-14(2)10-16(19(15)32-8)17-11-18(23(24,25)26)29-30(17)13-22(6,7)28-20(31)33-21(3,4)5/h10-11H,9,12-13H2,1-8H3,(H,28,31). The molecule has 33 heavy (non-hydrogen) atoms. The van der Waals surface area contributed by atoms with Gasteiger partial charge in [-0.1, -0.05) is 6.92 Å². The third-order valence-electron chi connectivity index (χ3n) is 4.80. The zero-order valence-electron chi connectivity index (χ0n) is 20.5. The molecule has 1 amide bonds. The predicted octanol–water partition coefficient (Wildman–Crippen LogP) is 5.37. The van der Waals surface area contributed by atoms with Crippen molar-refractivity contribution in [2.24, 2.45) is 4.99 Å². The molecule has 0 unspecified atom stereocenters. The van der Waals surface area contributed by atoms with Crippen molar-refractivity contribution in [3.8, 4) is 0 Å². The summed E-state index contributed by atoms with van der Waals surface area (Å²) in [6, 6.07) is 1.00. The first-order chi connectivity index (χ1) is 15.1. The van der Waals surface area contributed by atoms with E-state index in [1.54, 1.807) is 47.6 Å². The van der Waals surface area contributed by atoms with Crippen LogP contribution < -0.4 is 5.32 Å². The predicted molar refractivity (Wildman–Crippen MR) is 121 cm³/mol. The van der Waals surface area contributed by atoms with Gasteiger partial charge < -0.3 is 14.8 Å². The van der Waals surface area contributed by atoms with Crippen molar-refractivity contribution in [1.29, 1.82) is 0 Å². The van der Waals surface area contributed by atoms with E-state index in [9.17, 15) is 18.0 Å². The van der Waals surface area contributed by atoms with Gasteiger partial charge in [0, 0.05) is 11.3 Å². The van der Waals surface area contributed by atoms with Crippen LogP contribution in [-0.4, -0.2) is 46.4 Å². The first kappa shape index (κ1) is 26.5. The van der Waals surface area contributed by atoms with E-state index < -0.39 is 29.1 Å². The summed E-state index contributed by atoms with van der Waals surface area (Å²) in [5, 5.41) is 6.56. The molecule has 0 radical (unpaired) electrons. The largest absolute Gasteiger partial charge is 0.496 e. The van der Waals surface area contributed by atoms with Crippen LogP contribution in [0.2, 0.25) is 0 Å². The molecule has 2 heterocycles. The number of carbonyl (C=O) groups excluding carboxylic acids is 1. The molecule has 0 fully saturated rings. The maximum atomic E-state index is 13.6.